The average Bonchev–Trinajstić information content (AvgIpc) is 3.04. The van der Waals surface area contributed by atoms with Crippen molar-refractivity contribution in [1.29, 1.82) is 0 Å². The van der Waals surface area contributed by atoms with Gasteiger partial charge in [-0.3, -0.25) is 4.57 Å². The van der Waals surface area contributed by atoms with Gasteiger partial charge in [-0.15, -0.1) is 0 Å². The monoisotopic (exact) mass is 440 g/mol. The van der Waals surface area contributed by atoms with Crippen LogP contribution in [0.4, 0.5) is 0 Å². The van der Waals surface area contributed by atoms with Crippen LogP contribution >= 0.6 is 7.37 Å². The van der Waals surface area contributed by atoms with Crippen molar-refractivity contribution in [1.82, 2.24) is 0 Å². The minimum absolute atomic E-state index is 0.105. The fraction of sp³-hybridized carbons (Fsp3) is 0.524. The molecular weight excluding hydrogens is 411 g/mol. The van der Waals surface area contributed by atoms with E-state index in [1.165, 1.54) is 20.7 Å². The molecule has 0 amide bonds. The molecule has 0 spiro atoms. The average molecular weight is 440 g/mol. The number of phenolic OH excluding ortho intramolecular Hbond substituents is 1. The fourth-order valence-electron chi connectivity index (χ4n) is 3.50. The highest BCUT2D eigenvalue weighted by molar-refractivity contribution is 7.58. The summed E-state index contributed by atoms with van der Waals surface area (Å²) in [6.45, 7) is 8.58. The van der Waals surface area contributed by atoms with Gasteiger partial charge >= 0.3 is 11.9 Å². The van der Waals surface area contributed by atoms with Crippen LogP contribution in [-0.4, -0.2) is 49.7 Å². The summed E-state index contributed by atoms with van der Waals surface area (Å²) in [5, 5.41) is 10.7. The molecule has 1 aliphatic heterocycles. The number of hydrogen-bond acceptors (Lipinski definition) is 8. The fourth-order valence-corrected chi connectivity index (χ4v) is 5.36. The second-order valence-corrected chi connectivity index (χ2v) is 9.90. The van der Waals surface area contributed by atoms with E-state index in [4.69, 9.17) is 18.7 Å². The molecule has 2 atom stereocenters. The molecule has 1 unspecified atom stereocenters. The lowest BCUT2D eigenvalue weighted by Gasteiger charge is -2.19. The van der Waals surface area contributed by atoms with Gasteiger partial charge in [0, 0.05) is 24.0 Å². The molecule has 1 N–H and O–H groups in total. The van der Waals surface area contributed by atoms with E-state index < -0.39 is 25.4 Å². The van der Waals surface area contributed by atoms with Gasteiger partial charge in [0.1, 0.15) is 23.7 Å². The number of hydrogen-bond donors (Lipinski definition) is 1. The highest BCUT2D eigenvalue weighted by Gasteiger charge is 2.32. The zero-order chi connectivity index (χ0) is 22.6. The number of aromatic hydroxyl groups is 1. The predicted molar refractivity (Wildman–Crippen MR) is 112 cm³/mol. The van der Waals surface area contributed by atoms with Crippen molar-refractivity contribution < 1.29 is 38.0 Å². The molecule has 2 rings (SSSR count). The molecular formula is C21H29O8P. The maximum atomic E-state index is 12.8. The number of fused-ring (bicyclic) bond motifs is 1. The summed E-state index contributed by atoms with van der Waals surface area (Å²) in [6.07, 6.45) is 1.25. The molecule has 0 radical (unpaired) electrons. The van der Waals surface area contributed by atoms with Gasteiger partial charge in [-0.25, -0.2) is 9.59 Å². The van der Waals surface area contributed by atoms with Crippen molar-refractivity contribution in [2.24, 2.45) is 0 Å². The van der Waals surface area contributed by atoms with Gasteiger partial charge in [-0.05, 0) is 39.7 Å². The Kier molecular flexibility index (Phi) is 7.72. The lowest BCUT2D eigenvalue weighted by Crippen LogP contribution is -2.22. The second kappa shape index (κ2) is 9.67. The Hall–Kier alpha value is -2.31. The van der Waals surface area contributed by atoms with Gasteiger partial charge in [0.15, 0.2) is 6.10 Å². The van der Waals surface area contributed by atoms with Crippen LogP contribution in [0.2, 0.25) is 0 Å². The lowest BCUT2D eigenvalue weighted by molar-refractivity contribution is -0.150. The van der Waals surface area contributed by atoms with Crippen LogP contribution in [0.15, 0.2) is 11.6 Å². The van der Waals surface area contributed by atoms with Crippen LogP contribution in [0.3, 0.4) is 0 Å². The summed E-state index contributed by atoms with van der Waals surface area (Å²) in [5.74, 6) is -0.794. The van der Waals surface area contributed by atoms with Gasteiger partial charge in [-0.2, -0.15) is 0 Å². The number of allylic oxidation sites excluding steroid dienone is 2. The van der Waals surface area contributed by atoms with E-state index in [0.29, 0.717) is 16.9 Å². The molecule has 1 heterocycles. The number of rotatable bonds is 9. The third-order valence-corrected chi connectivity index (χ3v) is 6.67. The van der Waals surface area contributed by atoms with Crippen molar-refractivity contribution >= 4 is 19.3 Å². The summed E-state index contributed by atoms with van der Waals surface area (Å²) in [6, 6.07) is 0. The minimum atomic E-state index is -3.10. The van der Waals surface area contributed by atoms with E-state index >= 15 is 0 Å². The van der Waals surface area contributed by atoms with Crippen LogP contribution in [0, 0.1) is 6.92 Å². The molecule has 8 nitrogen and oxygen atoms in total. The molecule has 1 aliphatic rings. The highest BCUT2D eigenvalue weighted by Crippen LogP contribution is 2.46. The number of carbonyl (C=O) groups excluding carboxylic acids is 2. The molecule has 166 valence electrons. The number of benzene rings is 1. The Labute approximate surface area is 176 Å². The molecule has 1 aromatic carbocycles. The lowest BCUT2D eigenvalue weighted by atomic mass is 9.95. The Balaban J connectivity index is 2.20. The first-order valence-electron chi connectivity index (χ1n) is 9.67. The number of cyclic esters (lactones) is 1. The van der Waals surface area contributed by atoms with Crippen molar-refractivity contribution in [3.8, 4) is 11.5 Å². The summed E-state index contributed by atoms with van der Waals surface area (Å²) in [4.78, 5) is 23.7. The third-order valence-electron chi connectivity index (χ3n) is 4.84. The summed E-state index contributed by atoms with van der Waals surface area (Å²) in [5.41, 5.74) is 2.74. The van der Waals surface area contributed by atoms with Crippen LogP contribution in [0.5, 0.6) is 11.5 Å². The molecule has 0 bridgehead atoms. The van der Waals surface area contributed by atoms with Crippen LogP contribution in [0.25, 0.3) is 0 Å². The van der Waals surface area contributed by atoms with E-state index in [-0.39, 0.29) is 37.1 Å². The van der Waals surface area contributed by atoms with Gasteiger partial charge in [-0.1, -0.05) is 11.6 Å². The number of ether oxygens (including phenoxy) is 3. The zero-order valence-electron chi connectivity index (χ0n) is 18.2. The van der Waals surface area contributed by atoms with Crippen LogP contribution < -0.4 is 4.74 Å². The molecule has 0 aliphatic carbocycles. The van der Waals surface area contributed by atoms with Gasteiger partial charge in [0.25, 0.3) is 0 Å². The summed E-state index contributed by atoms with van der Waals surface area (Å²) >= 11 is 0. The number of phenols is 1. The number of carbonyl (C=O) groups is 2. The third kappa shape index (κ3) is 5.24. The highest BCUT2D eigenvalue weighted by atomic mass is 31.2. The van der Waals surface area contributed by atoms with Gasteiger partial charge in [0.05, 0.1) is 13.7 Å². The molecule has 1 aromatic rings. The van der Waals surface area contributed by atoms with Crippen molar-refractivity contribution in [3.05, 3.63) is 33.9 Å². The maximum Gasteiger partial charge on any atom is 0.342 e. The molecule has 30 heavy (non-hydrogen) atoms. The topological polar surface area (TPSA) is 108 Å². The molecule has 9 heteroatoms. The first-order chi connectivity index (χ1) is 14.0. The Morgan fingerprint density at radius 1 is 1.40 bits per heavy atom. The predicted octanol–water partition coefficient (Wildman–Crippen LogP) is 3.74. The maximum absolute atomic E-state index is 12.8. The van der Waals surface area contributed by atoms with Crippen molar-refractivity contribution in [3.63, 3.8) is 0 Å². The summed E-state index contributed by atoms with van der Waals surface area (Å²) in [7, 11) is -1.61. The van der Waals surface area contributed by atoms with Crippen LogP contribution in [0.1, 0.15) is 47.8 Å². The van der Waals surface area contributed by atoms with E-state index in [2.05, 4.69) is 0 Å². The van der Waals surface area contributed by atoms with Crippen molar-refractivity contribution in [2.75, 3.05) is 26.5 Å². The summed E-state index contributed by atoms with van der Waals surface area (Å²) < 4.78 is 33.6. The van der Waals surface area contributed by atoms with Crippen molar-refractivity contribution in [2.45, 2.75) is 46.8 Å². The SMILES string of the molecule is CCOC(=O)[C@H](C)OP(C)(=O)C/C(C)=C/Cc1c(O)c2c(c(C)c1OC)COC2=O. The Morgan fingerprint density at radius 3 is 2.67 bits per heavy atom. The quantitative estimate of drug-likeness (QED) is 0.351. The normalized spacial score (nSPS) is 16.5. The molecule has 0 saturated carbocycles. The van der Waals surface area contributed by atoms with Gasteiger partial charge < -0.3 is 23.8 Å². The van der Waals surface area contributed by atoms with E-state index in [0.717, 1.165) is 11.1 Å². The minimum Gasteiger partial charge on any atom is -0.507 e. The molecule has 0 fully saturated rings. The standard InChI is InChI=1S/C21H29O8P/c1-7-27-20(23)14(4)29-30(6,25)11-12(2)8-9-15-18(22)17-16(10-28-21(17)24)13(3)19(15)26-5/h8,14,22H,7,9-11H2,1-6H3/b12-8+/t14-,30?/m0/s1. The Morgan fingerprint density at radius 2 is 2.07 bits per heavy atom. The zero-order valence-corrected chi connectivity index (χ0v) is 19.1. The first kappa shape index (κ1) is 24.0. The van der Waals surface area contributed by atoms with E-state index in [9.17, 15) is 19.3 Å². The smallest absolute Gasteiger partial charge is 0.342 e. The molecule has 0 aromatic heterocycles. The first-order valence-corrected chi connectivity index (χ1v) is 11.9. The number of methoxy groups -OCH3 is 1. The Bertz CT molecular complexity index is 918. The van der Waals surface area contributed by atoms with Crippen LogP contribution in [-0.2, 0) is 36.4 Å². The van der Waals surface area contributed by atoms with Gasteiger partial charge in [0.2, 0.25) is 7.37 Å². The number of esters is 2. The molecule has 0 saturated heterocycles. The largest absolute Gasteiger partial charge is 0.507 e. The van der Waals surface area contributed by atoms with E-state index in [1.807, 2.05) is 6.92 Å². The second-order valence-electron chi connectivity index (χ2n) is 7.34. The van der Waals surface area contributed by atoms with E-state index in [1.54, 1.807) is 19.9 Å².